The maximum Gasteiger partial charge on any atom is 0.345 e. The van der Waals surface area contributed by atoms with Gasteiger partial charge in [-0.05, 0) is 43.4 Å². The van der Waals surface area contributed by atoms with E-state index in [9.17, 15) is 4.79 Å². The molecule has 0 radical (unpaired) electrons. The zero-order valence-electron chi connectivity index (χ0n) is 16.2. The number of hydrogen-bond acceptors (Lipinski definition) is 5. The Morgan fingerprint density at radius 1 is 1.20 bits per heavy atom. The van der Waals surface area contributed by atoms with Gasteiger partial charge >= 0.3 is 5.63 Å². The zero-order valence-corrected chi connectivity index (χ0v) is 17.0. The number of thiocarbonyl (C=S) groups is 1. The third kappa shape index (κ3) is 4.13. The van der Waals surface area contributed by atoms with Crippen LogP contribution in [0.2, 0.25) is 0 Å². The Hall–Kier alpha value is -3.78. The molecule has 150 valence electrons. The molecule has 2 N–H and O–H groups in total. The molecule has 0 fully saturated rings. The fourth-order valence-electron chi connectivity index (χ4n) is 2.99. The van der Waals surface area contributed by atoms with Crippen LogP contribution >= 0.6 is 12.2 Å². The van der Waals surface area contributed by atoms with Crippen LogP contribution in [0.3, 0.4) is 0 Å². The summed E-state index contributed by atoms with van der Waals surface area (Å²) in [5.74, 6) is 0. The van der Waals surface area contributed by atoms with E-state index in [4.69, 9.17) is 16.6 Å². The largest absolute Gasteiger partial charge is 0.422 e. The summed E-state index contributed by atoms with van der Waals surface area (Å²) in [6.07, 6.45) is 3.39. The van der Waals surface area contributed by atoms with E-state index in [2.05, 4.69) is 20.9 Å². The van der Waals surface area contributed by atoms with Crippen LogP contribution in [0.1, 0.15) is 12.5 Å². The van der Waals surface area contributed by atoms with Crippen LogP contribution in [0.4, 0.5) is 0 Å². The zero-order chi connectivity index (χ0) is 20.9. The highest BCUT2D eigenvalue weighted by atomic mass is 32.1. The molecule has 30 heavy (non-hydrogen) atoms. The first-order valence-corrected chi connectivity index (χ1v) is 9.82. The number of aromatic nitrogens is 2. The van der Waals surface area contributed by atoms with Crippen molar-refractivity contribution in [3.8, 4) is 16.9 Å². The lowest BCUT2D eigenvalue weighted by molar-refractivity contribution is 0.563. The standard InChI is InChI=1S/C22H19N5O2S/c1-2-23-22(30)25-24-13-16-14-27(17-9-4-3-5-10-17)26-20(16)18-12-15-8-6-7-11-19(15)29-21(18)28/h3-14H,2H2,1H3,(H2,23,25,30)/b24-13-. The Bertz CT molecular complexity index is 1280. The van der Waals surface area contributed by atoms with Gasteiger partial charge in [0.1, 0.15) is 11.3 Å². The highest BCUT2D eigenvalue weighted by molar-refractivity contribution is 7.80. The number of nitrogens with one attached hydrogen (secondary N) is 2. The normalized spacial score (nSPS) is 11.1. The molecule has 2 aromatic heterocycles. The highest BCUT2D eigenvalue weighted by Gasteiger charge is 2.16. The van der Waals surface area contributed by atoms with Crippen LogP contribution in [0, 0.1) is 0 Å². The maximum atomic E-state index is 12.7. The van der Waals surface area contributed by atoms with Crippen molar-refractivity contribution < 1.29 is 4.42 Å². The summed E-state index contributed by atoms with van der Waals surface area (Å²) in [7, 11) is 0. The molecule has 2 heterocycles. The average Bonchev–Trinajstić information content (AvgIpc) is 3.18. The third-order valence-corrected chi connectivity index (χ3v) is 4.60. The fraction of sp³-hybridized carbons (Fsp3) is 0.0909. The number of hydrazone groups is 1. The van der Waals surface area contributed by atoms with Crippen LogP contribution < -0.4 is 16.4 Å². The number of hydrogen-bond donors (Lipinski definition) is 2. The van der Waals surface area contributed by atoms with Crippen molar-refractivity contribution in [2.24, 2.45) is 5.10 Å². The lowest BCUT2D eigenvalue weighted by Gasteiger charge is -2.03. The Kier molecular flexibility index (Phi) is 5.67. The second-order valence-electron chi connectivity index (χ2n) is 6.43. The van der Waals surface area contributed by atoms with E-state index in [0.717, 1.165) is 11.1 Å². The van der Waals surface area contributed by atoms with Crippen LogP contribution in [0.25, 0.3) is 27.9 Å². The van der Waals surface area contributed by atoms with E-state index in [1.165, 1.54) is 0 Å². The molecule has 0 saturated carbocycles. The SMILES string of the molecule is CCNC(=S)N/N=C\c1cn(-c2ccccc2)nc1-c1cc2ccccc2oc1=O. The number of fused-ring (bicyclic) bond motifs is 1. The average molecular weight is 417 g/mol. The van der Waals surface area contributed by atoms with Gasteiger partial charge in [0.2, 0.25) is 0 Å². The number of benzene rings is 2. The van der Waals surface area contributed by atoms with Crippen molar-refractivity contribution in [2.75, 3.05) is 6.54 Å². The molecular formula is C22H19N5O2S. The van der Waals surface area contributed by atoms with Crippen LogP contribution in [0.15, 0.2) is 81.2 Å². The predicted octanol–water partition coefficient (Wildman–Crippen LogP) is 3.46. The van der Waals surface area contributed by atoms with E-state index < -0.39 is 5.63 Å². The molecule has 8 heteroatoms. The number of para-hydroxylation sites is 2. The molecule has 4 aromatic rings. The Morgan fingerprint density at radius 3 is 2.77 bits per heavy atom. The molecule has 0 spiro atoms. The van der Waals surface area contributed by atoms with Gasteiger partial charge in [-0.3, -0.25) is 5.43 Å². The summed E-state index contributed by atoms with van der Waals surface area (Å²) in [6.45, 7) is 2.63. The van der Waals surface area contributed by atoms with Gasteiger partial charge in [-0.2, -0.15) is 10.2 Å². The first-order valence-electron chi connectivity index (χ1n) is 9.41. The Labute approximate surface area is 178 Å². The monoisotopic (exact) mass is 417 g/mol. The van der Waals surface area contributed by atoms with E-state index in [0.29, 0.717) is 34.1 Å². The lowest BCUT2D eigenvalue weighted by atomic mass is 10.1. The molecule has 0 aliphatic rings. The van der Waals surface area contributed by atoms with E-state index in [-0.39, 0.29) is 0 Å². The summed E-state index contributed by atoms with van der Waals surface area (Å²) in [5, 5.41) is 13.0. The lowest BCUT2D eigenvalue weighted by Crippen LogP contribution is -2.31. The van der Waals surface area contributed by atoms with Gasteiger partial charge in [-0.15, -0.1) is 0 Å². The van der Waals surface area contributed by atoms with Gasteiger partial charge in [-0.1, -0.05) is 36.4 Å². The quantitative estimate of drug-likeness (QED) is 0.224. The maximum absolute atomic E-state index is 12.7. The van der Waals surface area contributed by atoms with Crippen LogP contribution in [0.5, 0.6) is 0 Å². The molecule has 0 atom stereocenters. The molecule has 0 aliphatic heterocycles. The number of rotatable bonds is 5. The highest BCUT2D eigenvalue weighted by Crippen LogP contribution is 2.23. The molecule has 0 aliphatic carbocycles. The minimum absolute atomic E-state index is 0.360. The fourth-order valence-corrected chi connectivity index (χ4v) is 3.19. The Morgan fingerprint density at radius 2 is 1.97 bits per heavy atom. The minimum atomic E-state index is -0.460. The minimum Gasteiger partial charge on any atom is -0.422 e. The van der Waals surface area contributed by atoms with Crippen molar-refractivity contribution >= 4 is 34.5 Å². The molecule has 0 amide bonds. The van der Waals surface area contributed by atoms with E-state index in [1.807, 2.05) is 55.5 Å². The van der Waals surface area contributed by atoms with Gasteiger partial charge in [-0.25, -0.2) is 9.48 Å². The summed E-state index contributed by atoms with van der Waals surface area (Å²) in [6, 6.07) is 18.8. The topological polar surface area (TPSA) is 84.4 Å². The summed E-state index contributed by atoms with van der Waals surface area (Å²) in [5.41, 5.74) is 5.16. The molecule has 7 nitrogen and oxygen atoms in total. The van der Waals surface area contributed by atoms with Crippen molar-refractivity contribution in [3.63, 3.8) is 0 Å². The predicted molar refractivity (Wildman–Crippen MR) is 122 cm³/mol. The third-order valence-electron chi connectivity index (χ3n) is 4.37. The van der Waals surface area contributed by atoms with Crippen LogP contribution in [-0.4, -0.2) is 27.7 Å². The van der Waals surface area contributed by atoms with Gasteiger partial charge in [0.15, 0.2) is 5.11 Å². The molecule has 2 aromatic carbocycles. The van der Waals surface area contributed by atoms with Gasteiger partial charge in [0, 0.05) is 23.7 Å². The smallest absolute Gasteiger partial charge is 0.345 e. The van der Waals surface area contributed by atoms with Gasteiger partial charge < -0.3 is 9.73 Å². The molecule has 0 unspecified atom stereocenters. The van der Waals surface area contributed by atoms with Crippen molar-refractivity contribution in [3.05, 3.63) is 82.8 Å². The second-order valence-corrected chi connectivity index (χ2v) is 6.84. The molecular weight excluding hydrogens is 398 g/mol. The Balaban J connectivity index is 1.80. The van der Waals surface area contributed by atoms with Crippen molar-refractivity contribution in [1.29, 1.82) is 0 Å². The van der Waals surface area contributed by atoms with E-state index in [1.54, 1.807) is 29.2 Å². The van der Waals surface area contributed by atoms with E-state index >= 15 is 0 Å². The van der Waals surface area contributed by atoms with Crippen molar-refractivity contribution in [1.82, 2.24) is 20.5 Å². The number of nitrogens with zero attached hydrogens (tertiary/aromatic N) is 3. The molecule has 4 rings (SSSR count). The van der Waals surface area contributed by atoms with Crippen LogP contribution in [-0.2, 0) is 0 Å². The first-order chi connectivity index (χ1) is 14.7. The van der Waals surface area contributed by atoms with Crippen molar-refractivity contribution in [2.45, 2.75) is 6.92 Å². The summed E-state index contributed by atoms with van der Waals surface area (Å²) in [4.78, 5) is 12.7. The van der Waals surface area contributed by atoms with Gasteiger partial charge in [0.25, 0.3) is 0 Å². The van der Waals surface area contributed by atoms with Gasteiger partial charge in [0.05, 0.1) is 17.5 Å². The summed E-state index contributed by atoms with van der Waals surface area (Å²) >= 11 is 5.13. The first kappa shape index (κ1) is 19.5. The summed E-state index contributed by atoms with van der Waals surface area (Å²) < 4.78 is 7.20. The molecule has 0 saturated heterocycles. The molecule has 0 bridgehead atoms. The second kappa shape index (κ2) is 8.71.